The van der Waals surface area contributed by atoms with Gasteiger partial charge in [-0.3, -0.25) is 0 Å². The first-order valence-electron chi connectivity index (χ1n) is 5.94. The van der Waals surface area contributed by atoms with Gasteiger partial charge in [0, 0.05) is 11.1 Å². The van der Waals surface area contributed by atoms with E-state index in [0.29, 0.717) is 0 Å². The Morgan fingerprint density at radius 3 is 1.63 bits per heavy atom. The lowest BCUT2D eigenvalue weighted by Gasteiger charge is -2.17. The molecule has 0 bridgehead atoms. The molecule has 0 unspecified atom stereocenters. The molecule has 2 aromatic carbocycles. The lowest BCUT2D eigenvalue weighted by molar-refractivity contribution is 0.399. The van der Waals surface area contributed by atoms with Crippen LogP contribution in [0.25, 0.3) is 0 Å². The molecule has 0 saturated carbocycles. The molecule has 0 aliphatic heterocycles. The van der Waals surface area contributed by atoms with Crippen LogP contribution in [0.4, 0.5) is 0 Å². The summed E-state index contributed by atoms with van der Waals surface area (Å²) < 4.78 is 10.7. The van der Waals surface area contributed by atoms with E-state index in [-0.39, 0.29) is 0 Å². The smallest absolute Gasteiger partial charge is 0.128 e. The van der Waals surface area contributed by atoms with Gasteiger partial charge in [0.05, 0.1) is 14.2 Å². The number of nitrogens with zero attached hydrogens (tertiary/aromatic N) is 1. The molecule has 19 heavy (non-hydrogen) atoms. The highest BCUT2D eigenvalue weighted by Crippen LogP contribution is 2.36. The van der Waals surface area contributed by atoms with Crippen LogP contribution in [-0.4, -0.2) is 14.2 Å². The zero-order chi connectivity index (χ0) is 13.7. The third kappa shape index (κ3) is 2.57. The van der Waals surface area contributed by atoms with E-state index in [1.807, 2.05) is 48.5 Å². The molecule has 2 rings (SSSR count). The molecule has 0 radical (unpaired) electrons. The Morgan fingerprint density at radius 1 is 0.842 bits per heavy atom. The average Bonchev–Trinajstić information content (AvgIpc) is 2.49. The van der Waals surface area contributed by atoms with Crippen LogP contribution in [0.5, 0.6) is 11.5 Å². The summed E-state index contributed by atoms with van der Waals surface area (Å²) in [6.07, 6.45) is 0. The topological polar surface area (TPSA) is 54.7 Å². The lowest BCUT2D eigenvalue weighted by atomic mass is 9.98. The van der Waals surface area contributed by atoms with Crippen molar-refractivity contribution in [1.82, 2.24) is 0 Å². The number of ether oxygens (including phenoxy) is 2. The van der Waals surface area contributed by atoms with E-state index in [4.69, 9.17) is 15.0 Å². The minimum Gasteiger partial charge on any atom is -0.496 e. The summed E-state index contributed by atoms with van der Waals surface area (Å²) >= 11 is 0. The second kappa shape index (κ2) is 6.00. The Kier molecular flexibility index (Phi) is 4.13. The van der Waals surface area contributed by atoms with Crippen LogP contribution in [-0.2, 0) is 0 Å². The van der Waals surface area contributed by atoms with E-state index in [1.165, 1.54) is 0 Å². The molecular formula is C15H16N2O2. The second-order valence-corrected chi connectivity index (χ2v) is 4.02. The Hall–Kier alpha value is -2.36. The highest BCUT2D eigenvalue weighted by molar-refractivity contribution is 5.46. The maximum Gasteiger partial charge on any atom is 0.128 e. The number of hydrogen-bond donors (Lipinski definition) is 1. The van der Waals surface area contributed by atoms with Crippen molar-refractivity contribution < 1.29 is 9.47 Å². The van der Waals surface area contributed by atoms with Crippen LogP contribution in [0.1, 0.15) is 17.2 Å². The SMILES string of the molecule is COc1ccccc1C(N=N)c1ccccc1OC. The molecule has 4 heteroatoms. The van der Waals surface area contributed by atoms with Gasteiger partial charge in [-0.15, -0.1) is 0 Å². The molecule has 0 atom stereocenters. The molecule has 0 saturated heterocycles. The Labute approximate surface area is 112 Å². The summed E-state index contributed by atoms with van der Waals surface area (Å²) in [5.41, 5.74) is 9.20. The average molecular weight is 256 g/mol. The first-order chi connectivity index (χ1) is 9.31. The molecule has 4 nitrogen and oxygen atoms in total. The van der Waals surface area contributed by atoms with Gasteiger partial charge in [-0.05, 0) is 12.1 Å². The summed E-state index contributed by atoms with van der Waals surface area (Å²) in [4.78, 5) is 0. The van der Waals surface area contributed by atoms with E-state index < -0.39 is 6.04 Å². The van der Waals surface area contributed by atoms with Crippen molar-refractivity contribution in [2.45, 2.75) is 6.04 Å². The molecule has 0 spiro atoms. The number of nitrogens with one attached hydrogen (secondary N) is 1. The summed E-state index contributed by atoms with van der Waals surface area (Å²) in [7, 11) is 3.23. The first kappa shape index (κ1) is 13.1. The van der Waals surface area contributed by atoms with Gasteiger partial charge < -0.3 is 9.47 Å². The number of hydrogen-bond acceptors (Lipinski definition) is 4. The molecule has 98 valence electrons. The molecule has 0 aliphatic carbocycles. The van der Waals surface area contributed by atoms with Crippen molar-refractivity contribution in [3.8, 4) is 11.5 Å². The van der Waals surface area contributed by atoms with Crippen LogP contribution in [0.3, 0.4) is 0 Å². The van der Waals surface area contributed by atoms with E-state index in [9.17, 15) is 0 Å². The predicted molar refractivity (Wildman–Crippen MR) is 73.0 cm³/mol. The zero-order valence-electron chi connectivity index (χ0n) is 11.0. The van der Waals surface area contributed by atoms with Crippen molar-refractivity contribution in [2.24, 2.45) is 5.11 Å². The van der Waals surface area contributed by atoms with Gasteiger partial charge in [0.2, 0.25) is 0 Å². The van der Waals surface area contributed by atoms with E-state index in [2.05, 4.69) is 5.11 Å². The molecule has 0 heterocycles. The van der Waals surface area contributed by atoms with Crippen molar-refractivity contribution in [3.05, 3.63) is 59.7 Å². The van der Waals surface area contributed by atoms with E-state index in [0.717, 1.165) is 22.6 Å². The molecular weight excluding hydrogens is 240 g/mol. The number of rotatable bonds is 5. The number of benzene rings is 2. The highest BCUT2D eigenvalue weighted by atomic mass is 16.5. The normalized spacial score (nSPS) is 10.3. The fourth-order valence-corrected chi connectivity index (χ4v) is 2.09. The standard InChI is InChI=1S/C15H16N2O2/c1-18-13-9-5-3-7-11(13)15(17-16)12-8-4-6-10-14(12)19-2/h3-10,15-16H,1-2H3. The van der Waals surface area contributed by atoms with Gasteiger partial charge in [-0.2, -0.15) is 5.11 Å². The Morgan fingerprint density at radius 2 is 1.26 bits per heavy atom. The summed E-state index contributed by atoms with van der Waals surface area (Å²) in [6.45, 7) is 0. The minimum atomic E-state index is -0.424. The van der Waals surface area contributed by atoms with Gasteiger partial charge in [-0.1, -0.05) is 36.4 Å². The van der Waals surface area contributed by atoms with Gasteiger partial charge in [0.1, 0.15) is 17.5 Å². The summed E-state index contributed by atoms with van der Waals surface area (Å²) in [5.74, 6) is 1.43. The van der Waals surface area contributed by atoms with Gasteiger partial charge >= 0.3 is 0 Å². The van der Waals surface area contributed by atoms with Gasteiger partial charge in [0.25, 0.3) is 0 Å². The fourth-order valence-electron chi connectivity index (χ4n) is 2.09. The maximum atomic E-state index is 7.49. The van der Waals surface area contributed by atoms with E-state index >= 15 is 0 Å². The van der Waals surface area contributed by atoms with Crippen LogP contribution in [0, 0.1) is 5.53 Å². The lowest BCUT2D eigenvalue weighted by Crippen LogP contribution is -2.02. The maximum absolute atomic E-state index is 7.49. The van der Waals surface area contributed by atoms with Crippen molar-refractivity contribution in [1.29, 1.82) is 5.53 Å². The molecule has 0 aliphatic rings. The van der Waals surface area contributed by atoms with Crippen LogP contribution < -0.4 is 9.47 Å². The zero-order valence-corrected chi connectivity index (χ0v) is 11.0. The molecule has 0 fully saturated rings. The molecule has 2 aromatic rings. The largest absolute Gasteiger partial charge is 0.496 e. The van der Waals surface area contributed by atoms with Crippen molar-refractivity contribution in [3.63, 3.8) is 0 Å². The quantitative estimate of drug-likeness (QED) is 0.827. The van der Waals surface area contributed by atoms with Crippen molar-refractivity contribution in [2.75, 3.05) is 14.2 Å². The van der Waals surface area contributed by atoms with E-state index in [1.54, 1.807) is 14.2 Å². The predicted octanol–water partition coefficient (Wildman–Crippen LogP) is 3.82. The second-order valence-electron chi connectivity index (χ2n) is 4.02. The highest BCUT2D eigenvalue weighted by Gasteiger charge is 2.20. The molecule has 0 aromatic heterocycles. The first-order valence-corrected chi connectivity index (χ1v) is 5.94. The number of para-hydroxylation sites is 2. The van der Waals surface area contributed by atoms with Crippen LogP contribution in [0.15, 0.2) is 53.6 Å². The molecule has 0 amide bonds. The van der Waals surface area contributed by atoms with Gasteiger partial charge in [-0.25, -0.2) is 5.53 Å². The Bertz CT molecular complexity index is 522. The fraction of sp³-hybridized carbons (Fsp3) is 0.200. The van der Waals surface area contributed by atoms with Crippen LogP contribution >= 0.6 is 0 Å². The minimum absolute atomic E-state index is 0.424. The molecule has 1 N–H and O–H groups in total. The summed E-state index contributed by atoms with van der Waals surface area (Å²) in [5, 5.41) is 3.74. The third-order valence-electron chi connectivity index (χ3n) is 3.00. The third-order valence-corrected chi connectivity index (χ3v) is 3.00. The van der Waals surface area contributed by atoms with Crippen LogP contribution in [0.2, 0.25) is 0 Å². The monoisotopic (exact) mass is 256 g/mol. The Balaban J connectivity index is 2.53. The summed E-state index contributed by atoms with van der Waals surface area (Å²) in [6, 6.07) is 14.7. The van der Waals surface area contributed by atoms with Gasteiger partial charge in [0.15, 0.2) is 0 Å². The van der Waals surface area contributed by atoms with Crippen molar-refractivity contribution >= 4 is 0 Å². The number of methoxy groups -OCH3 is 2.